The summed E-state index contributed by atoms with van der Waals surface area (Å²) in [5.74, 6) is -1.39. The number of carboxylic acids is 1. The summed E-state index contributed by atoms with van der Waals surface area (Å²) >= 11 is 0. The highest BCUT2D eigenvalue weighted by Gasteiger charge is 2.59. The van der Waals surface area contributed by atoms with E-state index in [1.54, 1.807) is 20.8 Å². The van der Waals surface area contributed by atoms with Crippen molar-refractivity contribution < 1.29 is 24.4 Å². The summed E-state index contributed by atoms with van der Waals surface area (Å²) < 4.78 is 5.60. The van der Waals surface area contributed by atoms with Gasteiger partial charge in [0.05, 0.1) is 6.10 Å². The number of aliphatic carboxylic acids is 1. The average molecular weight is 303 g/mol. The van der Waals surface area contributed by atoms with E-state index >= 15 is 0 Å². The molecule has 0 unspecified atom stereocenters. The Bertz CT molecular complexity index is 385. The van der Waals surface area contributed by atoms with Crippen molar-refractivity contribution in [2.24, 2.45) is 10.8 Å². The highest BCUT2D eigenvalue weighted by atomic mass is 16.6. The van der Waals surface area contributed by atoms with Crippen molar-refractivity contribution in [3.8, 4) is 0 Å². The lowest BCUT2D eigenvalue weighted by Crippen LogP contribution is -2.58. The zero-order valence-corrected chi connectivity index (χ0v) is 13.3. The second kappa shape index (κ2) is 7.49. The summed E-state index contributed by atoms with van der Waals surface area (Å²) in [6, 6.07) is 0. The molecule has 0 aliphatic heterocycles. The predicted octanol–water partition coefficient (Wildman–Crippen LogP) is 2.15. The van der Waals surface area contributed by atoms with Crippen LogP contribution in [0.25, 0.3) is 0 Å². The van der Waals surface area contributed by atoms with Crippen molar-refractivity contribution in [1.29, 1.82) is 0 Å². The van der Waals surface area contributed by atoms with Crippen LogP contribution in [0.3, 0.4) is 0 Å². The lowest BCUT2D eigenvalue weighted by atomic mass is 9.63. The number of nitrogens with zero attached hydrogens (tertiary/aromatic N) is 1. The fourth-order valence-electron chi connectivity index (χ4n) is 2.42. The smallest absolute Gasteiger partial charge is 0.320 e. The normalized spacial score (nSPS) is 16.3. The van der Waals surface area contributed by atoms with Crippen LogP contribution in [-0.2, 0) is 14.3 Å². The third-order valence-corrected chi connectivity index (χ3v) is 3.96. The molecule has 0 bridgehead atoms. The molecule has 0 aromatic carbocycles. The van der Waals surface area contributed by atoms with Gasteiger partial charge in [-0.05, 0) is 18.3 Å². The molecule has 122 valence electrons. The first-order chi connectivity index (χ1) is 9.56. The van der Waals surface area contributed by atoms with Gasteiger partial charge in [-0.25, -0.2) is 0 Å². The molecule has 0 radical (unpaired) electrons. The second-order valence-electron chi connectivity index (χ2n) is 6.15. The molecule has 0 aliphatic carbocycles. The number of hydrogen-bond donors (Lipinski definition) is 1. The summed E-state index contributed by atoms with van der Waals surface area (Å²) in [5.41, 5.74) is -2.94. The van der Waals surface area contributed by atoms with Crippen LogP contribution < -0.4 is 0 Å². The van der Waals surface area contributed by atoms with Crippen molar-refractivity contribution in [2.75, 3.05) is 6.54 Å². The Hall–Kier alpha value is -1.50. The molecular weight excluding hydrogens is 278 g/mol. The van der Waals surface area contributed by atoms with E-state index in [1.807, 2.05) is 13.8 Å². The minimum absolute atomic E-state index is 0.312. The predicted molar refractivity (Wildman–Crippen MR) is 76.7 cm³/mol. The highest BCUT2D eigenvalue weighted by molar-refractivity contribution is 5.81. The summed E-state index contributed by atoms with van der Waals surface area (Å²) in [4.78, 5) is 33.5. The number of nitro groups is 1. The third-order valence-electron chi connectivity index (χ3n) is 3.96. The van der Waals surface area contributed by atoms with E-state index in [9.17, 15) is 24.8 Å². The van der Waals surface area contributed by atoms with E-state index in [2.05, 4.69) is 0 Å². The van der Waals surface area contributed by atoms with E-state index in [1.165, 1.54) is 0 Å². The van der Waals surface area contributed by atoms with Gasteiger partial charge < -0.3 is 14.6 Å². The highest BCUT2D eigenvalue weighted by Crippen LogP contribution is 2.43. The van der Waals surface area contributed by atoms with E-state index in [4.69, 9.17) is 4.74 Å². The van der Waals surface area contributed by atoms with Gasteiger partial charge in [0.15, 0.2) is 5.41 Å². The van der Waals surface area contributed by atoms with Gasteiger partial charge in [-0.1, -0.05) is 34.6 Å². The summed E-state index contributed by atoms with van der Waals surface area (Å²) in [6.45, 7) is 7.54. The number of rotatable bonds is 9. The van der Waals surface area contributed by atoms with Crippen LogP contribution in [0.5, 0.6) is 0 Å². The van der Waals surface area contributed by atoms with Crippen molar-refractivity contribution in [1.82, 2.24) is 0 Å². The molecule has 0 fully saturated rings. The minimum Gasteiger partial charge on any atom is -0.481 e. The monoisotopic (exact) mass is 303 g/mol. The Kier molecular flexibility index (Phi) is 6.96. The Labute approximate surface area is 124 Å². The molecule has 0 saturated carbocycles. The molecule has 0 rings (SSSR count). The van der Waals surface area contributed by atoms with Gasteiger partial charge in [0.2, 0.25) is 6.54 Å². The van der Waals surface area contributed by atoms with E-state index in [0.29, 0.717) is 19.1 Å². The molecule has 7 heteroatoms. The lowest BCUT2D eigenvalue weighted by Gasteiger charge is -2.42. The molecule has 0 aliphatic rings. The van der Waals surface area contributed by atoms with Crippen molar-refractivity contribution in [3.05, 3.63) is 10.1 Å². The van der Waals surface area contributed by atoms with E-state index < -0.39 is 34.4 Å². The summed E-state index contributed by atoms with van der Waals surface area (Å²) in [5, 5.41) is 20.6. The minimum atomic E-state index is -1.92. The first kappa shape index (κ1) is 19.5. The Morgan fingerprint density at radius 2 is 1.81 bits per heavy atom. The zero-order chi connectivity index (χ0) is 16.8. The SMILES string of the molecule is CCC(CC)O[C@H](C=O)[C@@](C[N+](=O)[O-])(C(=O)O)C(C)(C)C. The van der Waals surface area contributed by atoms with Gasteiger partial charge in [-0.2, -0.15) is 0 Å². The molecule has 2 atom stereocenters. The standard InChI is InChI=1S/C14H25NO6/c1-6-10(7-2)21-11(8-16)14(12(17)18,9-15(19)20)13(3,4)5/h8,10-11H,6-7,9H2,1-5H3,(H,17,18)/t11-,14+/m1/s1. The Morgan fingerprint density at radius 1 is 1.33 bits per heavy atom. The lowest BCUT2D eigenvalue weighted by molar-refractivity contribution is -0.502. The average Bonchev–Trinajstić information content (AvgIpc) is 2.36. The molecule has 7 nitrogen and oxygen atoms in total. The van der Waals surface area contributed by atoms with Gasteiger partial charge in [0, 0.05) is 4.92 Å². The summed E-state index contributed by atoms with van der Waals surface area (Å²) in [6.07, 6.45) is -0.113. The molecule has 0 spiro atoms. The number of carbonyl (C=O) groups excluding carboxylic acids is 1. The fraction of sp³-hybridized carbons (Fsp3) is 0.857. The molecule has 0 amide bonds. The van der Waals surface area contributed by atoms with Crippen LogP contribution in [0, 0.1) is 20.9 Å². The van der Waals surface area contributed by atoms with Crippen molar-refractivity contribution >= 4 is 12.3 Å². The quantitative estimate of drug-likeness (QED) is 0.397. The van der Waals surface area contributed by atoms with Crippen LogP contribution >= 0.6 is 0 Å². The largest absolute Gasteiger partial charge is 0.481 e. The number of carboxylic acid groups (broad SMARTS) is 1. The van der Waals surface area contributed by atoms with Crippen molar-refractivity contribution in [2.45, 2.75) is 59.7 Å². The first-order valence-electron chi connectivity index (χ1n) is 7.02. The molecule has 21 heavy (non-hydrogen) atoms. The molecular formula is C14H25NO6. The van der Waals surface area contributed by atoms with Crippen LogP contribution in [0.1, 0.15) is 47.5 Å². The molecule has 1 N–H and O–H groups in total. The molecule has 0 aromatic heterocycles. The van der Waals surface area contributed by atoms with E-state index in [0.717, 1.165) is 0 Å². The maximum absolute atomic E-state index is 11.8. The molecule has 0 aromatic rings. The number of carbonyl (C=O) groups is 2. The Morgan fingerprint density at radius 3 is 2.05 bits per heavy atom. The van der Waals surface area contributed by atoms with Crippen LogP contribution in [0.2, 0.25) is 0 Å². The molecule has 0 saturated heterocycles. The van der Waals surface area contributed by atoms with Gasteiger partial charge >= 0.3 is 5.97 Å². The topological polar surface area (TPSA) is 107 Å². The van der Waals surface area contributed by atoms with Gasteiger partial charge in [-0.15, -0.1) is 0 Å². The zero-order valence-electron chi connectivity index (χ0n) is 13.3. The third kappa shape index (κ3) is 4.23. The maximum atomic E-state index is 11.8. The fourth-order valence-corrected chi connectivity index (χ4v) is 2.42. The van der Waals surface area contributed by atoms with Crippen LogP contribution in [0.15, 0.2) is 0 Å². The summed E-state index contributed by atoms with van der Waals surface area (Å²) in [7, 11) is 0. The van der Waals surface area contributed by atoms with Gasteiger partial charge in [0.25, 0.3) is 0 Å². The van der Waals surface area contributed by atoms with Gasteiger partial charge in [-0.3, -0.25) is 14.9 Å². The van der Waals surface area contributed by atoms with E-state index in [-0.39, 0.29) is 6.10 Å². The van der Waals surface area contributed by atoms with Gasteiger partial charge in [0.1, 0.15) is 12.4 Å². The van der Waals surface area contributed by atoms with Crippen LogP contribution in [0.4, 0.5) is 0 Å². The van der Waals surface area contributed by atoms with Crippen molar-refractivity contribution in [3.63, 3.8) is 0 Å². The van der Waals surface area contributed by atoms with Crippen LogP contribution in [-0.4, -0.2) is 41.0 Å². The second-order valence-corrected chi connectivity index (χ2v) is 6.15. The Balaban J connectivity index is 5.87. The number of hydrogen-bond acceptors (Lipinski definition) is 5. The first-order valence-corrected chi connectivity index (χ1v) is 7.02. The number of aldehydes is 1. The number of ether oxygens (including phenoxy) is 1. The molecule has 0 heterocycles. The maximum Gasteiger partial charge on any atom is 0.320 e.